The van der Waals surface area contributed by atoms with E-state index in [0.717, 1.165) is 0 Å². The minimum absolute atomic E-state index is 0.0873. The Labute approximate surface area is 126 Å². The molecular weight excluding hydrogens is 292 g/mol. The minimum atomic E-state index is -3.46. The van der Waals surface area contributed by atoms with Crippen molar-refractivity contribution in [3.8, 4) is 5.75 Å². The molecule has 1 amide bonds. The molecule has 0 saturated heterocycles. The monoisotopic (exact) mass is 314 g/mol. The molecule has 0 unspecified atom stereocenters. The molecule has 1 aromatic rings. The van der Waals surface area contributed by atoms with Crippen LogP contribution >= 0.6 is 0 Å². The van der Waals surface area contributed by atoms with E-state index in [4.69, 9.17) is 4.74 Å². The summed E-state index contributed by atoms with van der Waals surface area (Å²) in [5.41, 5.74) is 0. The summed E-state index contributed by atoms with van der Waals surface area (Å²) in [6.07, 6.45) is 0. The molecule has 1 N–H and O–H groups in total. The van der Waals surface area contributed by atoms with Crippen LogP contribution in [0.2, 0.25) is 0 Å². The molecule has 0 heterocycles. The smallest absolute Gasteiger partial charge is 0.257 e. The van der Waals surface area contributed by atoms with E-state index in [1.807, 2.05) is 6.92 Å². The zero-order valence-corrected chi connectivity index (χ0v) is 13.4. The van der Waals surface area contributed by atoms with E-state index in [1.54, 1.807) is 26.0 Å². The highest BCUT2D eigenvalue weighted by Gasteiger charge is 2.21. The third kappa shape index (κ3) is 4.71. The maximum absolute atomic E-state index is 12.3. The van der Waals surface area contributed by atoms with Gasteiger partial charge in [-0.3, -0.25) is 4.79 Å². The number of hydrogen-bond acceptors (Lipinski definition) is 4. The van der Waals surface area contributed by atoms with Crippen molar-refractivity contribution in [3.05, 3.63) is 24.3 Å². The van der Waals surface area contributed by atoms with Crippen LogP contribution in [0.3, 0.4) is 0 Å². The molecule has 0 atom stereocenters. The van der Waals surface area contributed by atoms with Gasteiger partial charge in [0.25, 0.3) is 5.91 Å². The van der Waals surface area contributed by atoms with Crippen molar-refractivity contribution in [1.29, 1.82) is 0 Å². The summed E-state index contributed by atoms with van der Waals surface area (Å²) >= 11 is 0. The Balaban J connectivity index is 2.76. The third-order valence-electron chi connectivity index (χ3n) is 2.91. The van der Waals surface area contributed by atoms with Gasteiger partial charge in [-0.25, -0.2) is 8.42 Å². The molecule has 0 spiro atoms. The summed E-state index contributed by atoms with van der Waals surface area (Å²) in [7, 11) is -3.46. The summed E-state index contributed by atoms with van der Waals surface area (Å²) in [5, 5.41) is 2.62. The van der Waals surface area contributed by atoms with Crippen molar-refractivity contribution < 1.29 is 17.9 Å². The van der Waals surface area contributed by atoms with E-state index in [1.165, 1.54) is 16.4 Å². The first-order valence-corrected chi connectivity index (χ1v) is 8.39. The van der Waals surface area contributed by atoms with Gasteiger partial charge in [-0.15, -0.1) is 0 Å². The minimum Gasteiger partial charge on any atom is -0.484 e. The molecule has 118 valence electrons. The lowest BCUT2D eigenvalue weighted by molar-refractivity contribution is -0.122. The molecule has 7 heteroatoms. The second-order valence-corrected chi connectivity index (χ2v) is 6.24. The van der Waals surface area contributed by atoms with Gasteiger partial charge in [0.15, 0.2) is 6.61 Å². The number of hydrogen-bond donors (Lipinski definition) is 1. The second kappa shape index (κ2) is 7.99. The molecular formula is C14H22N2O4S. The molecule has 21 heavy (non-hydrogen) atoms. The van der Waals surface area contributed by atoms with E-state index in [0.29, 0.717) is 25.4 Å². The molecule has 1 rings (SSSR count). The topological polar surface area (TPSA) is 75.7 Å². The molecule has 0 saturated carbocycles. The van der Waals surface area contributed by atoms with Gasteiger partial charge in [-0.2, -0.15) is 4.31 Å². The van der Waals surface area contributed by atoms with E-state index in [9.17, 15) is 13.2 Å². The average molecular weight is 314 g/mol. The van der Waals surface area contributed by atoms with Crippen LogP contribution in [0.1, 0.15) is 20.8 Å². The maximum atomic E-state index is 12.3. The molecule has 0 aliphatic carbocycles. The molecule has 0 fully saturated rings. The quantitative estimate of drug-likeness (QED) is 0.783. The summed E-state index contributed by atoms with van der Waals surface area (Å²) in [6, 6.07) is 6.08. The van der Waals surface area contributed by atoms with E-state index in [-0.39, 0.29) is 17.4 Å². The number of likely N-dealkylation sites (N-methyl/N-ethyl adjacent to an activating group) is 1. The highest BCUT2D eigenvalue weighted by Crippen LogP contribution is 2.19. The van der Waals surface area contributed by atoms with Crippen LogP contribution in [0.5, 0.6) is 5.75 Å². The Morgan fingerprint density at radius 1 is 1.14 bits per heavy atom. The summed E-state index contributed by atoms with van der Waals surface area (Å²) < 4.78 is 31.2. The maximum Gasteiger partial charge on any atom is 0.257 e. The molecule has 6 nitrogen and oxygen atoms in total. The highest BCUT2D eigenvalue weighted by atomic mass is 32.2. The number of rotatable bonds is 8. The van der Waals surface area contributed by atoms with Crippen molar-refractivity contribution in [3.63, 3.8) is 0 Å². The fourth-order valence-corrected chi connectivity index (χ4v) is 3.28. The standard InChI is InChI=1S/C14H22N2O4S/c1-4-15-14(17)11-20-12-7-9-13(10-8-12)21(18,19)16(5-2)6-3/h7-10H,4-6,11H2,1-3H3,(H,15,17). The van der Waals surface area contributed by atoms with E-state index in [2.05, 4.69) is 5.32 Å². The highest BCUT2D eigenvalue weighted by molar-refractivity contribution is 7.89. The SMILES string of the molecule is CCNC(=O)COc1ccc(S(=O)(=O)N(CC)CC)cc1. The van der Waals surface area contributed by atoms with Crippen molar-refractivity contribution in [2.45, 2.75) is 25.7 Å². The first-order valence-electron chi connectivity index (χ1n) is 6.95. The first kappa shape index (κ1) is 17.5. The van der Waals surface area contributed by atoms with Crippen LogP contribution in [0, 0.1) is 0 Å². The average Bonchev–Trinajstić information content (AvgIpc) is 2.47. The van der Waals surface area contributed by atoms with Gasteiger partial charge >= 0.3 is 0 Å². The van der Waals surface area contributed by atoms with Gasteiger partial charge in [-0.1, -0.05) is 13.8 Å². The lowest BCUT2D eigenvalue weighted by atomic mass is 10.3. The molecule has 0 radical (unpaired) electrons. The Morgan fingerprint density at radius 2 is 1.71 bits per heavy atom. The fraction of sp³-hybridized carbons (Fsp3) is 0.500. The van der Waals surface area contributed by atoms with Crippen LogP contribution in [-0.2, 0) is 14.8 Å². The van der Waals surface area contributed by atoms with Crippen molar-refractivity contribution in [2.75, 3.05) is 26.2 Å². The van der Waals surface area contributed by atoms with Crippen molar-refractivity contribution in [1.82, 2.24) is 9.62 Å². The number of amides is 1. The van der Waals surface area contributed by atoms with Crippen molar-refractivity contribution >= 4 is 15.9 Å². The molecule has 0 aliphatic rings. The van der Waals surface area contributed by atoms with Gasteiger partial charge < -0.3 is 10.1 Å². The lowest BCUT2D eigenvalue weighted by Gasteiger charge is -2.18. The predicted octanol–water partition coefficient (Wildman–Crippen LogP) is 1.23. The second-order valence-electron chi connectivity index (χ2n) is 4.30. The van der Waals surface area contributed by atoms with Gasteiger partial charge in [0.1, 0.15) is 5.75 Å². The number of nitrogens with one attached hydrogen (secondary N) is 1. The van der Waals surface area contributed by atoms with Crippen LogP contribution in [-0.4, -0.2) is 44.9 Å². The number of ether oxygens (including phenoxy) is 1. The Hall–Kier alpha value is -1.60. The van der Waals surface area contributed by atoms with E-state index >= 15 is 0 Å². The van der Waals surface area contributed by atoms with Crippen molar-refractivity contribution in [2.24, 2.45) is 0 Å². The molecule has 0 aromatic heterocycles. The molecule has 0 aliphatic heterocycles. The van der Waals surface area contributed by atoms with Gasteiger partial charge in [-0.05, 0) is 31.2 Å². The largest absolute Gasteiger partial charge is 0.484 e. The Bertz CT molecular complexity index is 551. The number of benzene rings is 1. The predicted molar refractivity (Wildman–Crippen MR) is 80.7 cm³/mol. The normalized spacial score (nSPS) is 11.4. The van der Waals surface area contributed by atoms with E-state index < -0.39 is 10.0 Å². The van der Waals surface area contributed by atoms with Gasteiger partial charge in [0.05, 0.1) is 4.90 Å². The van der Waals surface area contributed by atoms with Crippen LogP contribution < -0.4 is 10.1 Å². The van der Waals surface area contributed by atoms with Gasteiger partial charge in [0.2, 0.25) is 10.0 Å². The van der Waals surface area contributed by atoms with Crippen LogP contribution in [0.25, 0.3) is 0 Å². The number of nitrogens with zero attached hydrogens (tertiary/aromatic N) is 1. The van der Waals surface area contributed by atoms with Gasteiger partial charge in [0, 0.05) is 19.6 Å². The summed E-state index contributed by atoms with van der Waals surface area (Å²) in [6.45, 7) is 6.72. The third-order valence-corrected chi connectivity index (χ3v) is 4.97. The molecule has 0 bridgehead atoms. The number of sulfonamides is 1. The lowest BCUT2D eigenvalue weighted by Crippen LogP contribution is -2.30. The summed E-state index contributed by atoms with van der Waals surface area (Å²) in [5.74, 6) is 0.247. The van der Waals surface area contributed by atoms with Crippen LogP contribution in [0.4, 0.5) is 0 Å². The zero-order valence-electron chi connectivity index (χ0n) is 12.6. The Kier molecular flexibility index (Phi) is 6.64. The fourth-order valence-electron chi connectivity index (χ4n) is 1.82. The zero-order chi connectivity index (χ0) is 15.9. The Morgan fingerprint density at radius 3 is 2.19 bits per heavy atom. The number of carbonyl (C=O) groups excluding carboxylic acids is 1. The van der Waals surface area contributed by atoms with Crippen LogP contribution in [0.15, 0.2) is 29.2 Å². The molecule has 1 aromatic carbocycles. The first-order chi connectivity index (χ1) is 9.95. The summed E-state index contributed by atoms with van der Waals surface area (Å²) in [4.78, 5) is 11.5. The number of carbonyl (C=O) groups is 1.